The highest BCUT2D eigenvalue weighted by Crippen LogP contribution is 2.30. The van der Waals surface area contributed by atoms with E-state index in [1.807, 2.05) is 11.8 Å². The zero-order valence-corrected chi connectivity index (χ0v) is 11.9. The fraction of sp³-hybridized carbons (Fsp3) is 0.929. The summed E-state index contributed by atoms with van der Waals surface area (Å²) >= 11 is 1.87. The summed E-state index contributed by atoms with van der Waals surface area (Å²) in [5, 5.41) is 3.89. The van der Waals surface area contributed by atoms with Gasteiger partial charge in [0.25, 0.3) is 0 Å². The Kier molecular flexibility index (Phi) is 4.14. The molecular formula is C14H24N2OS. The molecule has 4 heteroatoms. The maximum atomic E-state index is 12.4. The van der Waals surface area contributed by atoms with Crippen LogP contribution in [0.4, 0.5) is 0 Å². The number of likely N-dealkylation sites (tertiary alicyclic amines) is 1. The molecular weight excluding hydrogens is 244 g/mol. The molecule has 1 N–H and O–H groups in total. The molecule has 18 heavy (non-hydrogen) atoms. The second-order valence-corrected chi connectivity index (χ2v) is 7.20. The number of rotatable bonds is 2. The summed E-state index contributed by atoms with van der Waals surface area (Å²) in [6.07, 6.45) is 7.46. The summed E-state index contributed by atoms with van der Waals surface area (Å²) in [7, 11) is 0. The van der Waals surface area contributed by atoms with Crippen LogP contribution in [0.25, 0.3) is 0 Å². The fourth-order valence-electron chi connectivity index (χ4n) is 3.63. The van der Waals surface area contributed by atoms with Crippen LogP contribution in [-0.2, 0) is 4.79 Å². The van der Waals surface area contributed by atoms with Crippen molar-refractivity contribution in [1.82, 2.24) is 10.2 Å². The molecule has 102 valence electrons. The molecule has 3 nitrogen and oxygen atoms in total. The Labute approximate surface area is 114 Å². The van der Waals surface area contributed by atoms with Gasteiger partial charge >= 0.3 is 0 Å². The number of nitrogens with zero attached hydrogens (tertiary/aromatic N) is 1. The number of piperidine rings is 1. The topological polar surface area (TPSA) is 32.3 Å². The van der Waals surface area contributed by atoms with Gasteiger partial charge in [-0.2, -0.15) is 0 Å². The lowest BCUT2D eigenvalue weighted by molar-refractivity contribution is -0.132. The number of nitrogens with one attached hydrogen (secondary N) is 1. The largest absolute Gasteiger partial charge is 0.341 e. The van der Waals surface area contributed by atoms with E-state index < -0.39 is 0 Å². The first-order valence-corrected chi connectivity index (χ1v) is 8.53. The van der Waals surface area contributed by atoms with Gasteiger partial charge in [0.2, 0.25) is 5.91 Å². The van der Waals surface area contributed by atoms with Crippen LogP contribution in [-0.4, -0.2) is 47.5 Å². The zero-order chi connectivity index (χ0) is 12.4. The first kappa shape index (κ1) is 12.8. The standard InChI is InChI=1S/C14H24N2OS/c17-14(13-6-3-9-18-13)16-8-2-4-11(10-16)12-5-1-7-15-12/h11-13,15H,1-10H2. The molecule has 3 unspecified atom stereocenters. The third-order valence-corrected chi connectivity index (χ3v) is 6.01. The Bertz CT molecular complexity index is 298. The Morgan fingerprint density at radius 2 is 2.11 bits per heavy atom. The lowest BCUT2D eigenvalue weighted by atomic mass is 9.89. The van der Waals surface area contributed by atoms with Crippen LogP contribution in [0.1, 0.15) is 38.5 Å². The Balaban J connectivity index is 1.57. The lowest BCUT2D eigenvalue weighted by Gasteiger charge is -2.36. The van der Waals surface area contributed by atoms with E-state index in [1.54, 1.807) is 0 Å². The molecule has 0 aromatic rings. The molecule has 3 aliphatic heterocycles. The molecule has 0 radical (unpaired) electrons. The molecule has 0 aromatic heterocycles. The van der Waals surface area contributed by atoms with E-state index in [0.717, 1.165) is 19.5 Å². The second kappa shape index (κ2) is 5.83. The highest BCUT2D eigenvalue weighted by atomic mass is 32.2. The van der Waals surface area contributed by atoms with Gasteiger partial charge in [-0.15, -0.1) is 11.8 Å². The summed E-state index contributed by atoms with van der Waals surface area (Å²) in [4.78, 5) is 14.6. The van der Waals surface area contributed by atoms with Crippen molar-refractivity contribution in [3.8, 4) is 0 Å². The molecule has 3 fully saturated rings. The third-order valence-electron chi connectivity index (χ3n) is 4.64. The minimum Gasteiger partial charge on any atom is -0.341 e. The van der Waals surface area contributed by atoms with Gasteiger partial charge in [-0.1, -0.05) is 0 Å². The van der Waals surface area contributed by atoms with E-state index in [9.17, 15) is 4.79 Å². The maximum absolute atomic E-state index is 12.4. The van der Waals surface area contributed by atoms with Crippen LogP contribution >= 0.6 is 11.8 Å². The minimum absolute atomic E-state index is 0.278. The van der Waals surface area contributed by atoms with Gasteiger partial charge in [-0.25, -0.2) is 0 Å². The SMILES string of the molecule is O=C(C1CCCS1)N1CCCC(C2CCCN2)C1. The van der Waals surface area contributed by atoms with Crippen molar-refractivity contribution in [2.45, 2.75) is 49.8 Å². The highest BCUT2D eigenvalue weighted by Gasteiger charge is 2.34. The third kappa shape index (κ3) is 2.69. The van der Waals surface area contributed by atoms with Crippen LogP contribution in [0.3, 0.4) is 0 Å². The van der Waals surface area contributed by atoms with Crippen LogP contribution in [0.15, 0.2) is 0 Å². The smallest absolute Gasteiger partial charge is 0.235 e. The molecule has 0 saturated carbocycles. The average Bonchev–Trinajstić information content (AvgIpc) is 3.11. The second-order valence-electron chi connectivity index (χ2n) is 5.89. The summed E-state index contributed by atoms with van der Waals surface area (Å²) in [5.74, 6) is 2.31. The van der Waals surface area contributed by atoms with Gasteiger partial charge in [0.05, 0.1) is 5.25 Å². The van der Waals surface area contributed by atoms with Crippen LogP contribution in [0.2, 0.25) is 0 Å². The number of thioether (sulfide) groups is 1. The first-order valence-electron chi connectivity index (χ1n) is 7.48. The fourth-order valence-corrected chi connectivity index (χ4v) is 4.87. The number of carbonyl (C=O) groups excluding carboxylic acids is 1. The van der Waals surface area contributed by atoms with Crippen molar-refractivity contribution >= 4 is 17.7 Å². The molecule has 0 aromatic carbocycles. The van der Waals surface area contributed by atoms with E-state index in [0.29, 0.717) is 17.9 Å². The van der Waals surface area contributed by atoms with E-state index in [2.05, 4.69) is 10.2 Å². The predicted octanol–water partition coefficient (Wildman–Crippen LogP) is 1.87. The van der Waals surface area contributed by atoms with Crippen molar-refractivity contribution in [3.63, 3.8) is 0 Å². The Morgan fingerprint density at radius 3 is 2.83 bits per heavy atom. The van der Waals surface area contributed by atoms with Crippen LogP contribution in [0.5, 0.6) is 0 Å². The molecule has 3 rings (SSSR count). The molecule has 0 spiro atoms. The average molecular weight is 268 g/mol. The monoisotopic (exact) mass is 268 g/mol. The van der Waals surface area contributed by atoms with Gasteiger partial charge < -0.3 is 10.2 Å². The first-order chi connectivity index (χ1) is 8.84. The van der Waals surface area contributed by atoms with Crippen molar-refractivity contribution in [1.29, 1.82) is 0 Å². The van der Waals surface area contributed by atoms with Crippen LogP contribution in [0, 0.1) is 5.92 Å². The lowest BCUT2D eigenvalue weighted by Crippen LogP contribution is -2.48. The quantitative estimate of drug-likeness (QED) is 0.830. The van der Waals surface area contributed by atoms with Crippen molar-refractivity contribution < 1.29 is 4.79 Å². The minimum atomic E-state index is 0.278. The maximum Gasteiger partial charge on any atom is 0.235 e. The van der Waals surface area contributed by atoms with Gasteiger partial charge in [0.15, 0.2) is 0 Å². The molecule has 0 aliphatic carbocycles. The number of amides is 1. The van der Waals surface area contributed by atoms with E-state index in [-0.39, 0.29) is 5.25 Å². The number of hydrogen-bond acceptors (Lipinski definition) is 3. The molecule has 3 saturated heterocycles. The zero-order valence-electron chi connectivity index (χ0n) is 11.1. The van der Waals surface area contributed by atoms with E-state index in [1.165, 1.54) is 44.4 Å². The summed E-state index contributed by atoms with van der Waals surface area (Å²) < 4.78 is 0. The molecule has 1 amide bonds. The molecule has 0 bridgehead atoms. The summed E-state index contributed by atoms with van der Waals surface area (Å²) in [5.41, 5.74) is 0. The molecule has 3 heterocycles. The van der Waals surface area contributed by atoms with Gasteiger partial charge in [0, 0.05) is 19.1 Å². The number of carbonyl (C=O) groups is 1. The van der Waals surface area contributed by atoms with Gasteiger partial charge in [-0.05, 0) is 56.7 Å². The van der Waals surface area contributed by atoms with Crippen molar-refractivity contribution in [2.24, 2.45) is 5.92 Å². The van der Waals surface area contributed by atoms with E-state index in [4.69, 9.17) is 0 Å². The molecule has 3 atom stereocenters. The van der Waals surface area contributed by atoms with E-state index >= 15 is 0 Å². The summed E-state index contributed by atoms with van der Waals surface area (Å²) in [6, 6.07) is 0.678. The summed E-state index contributed by atoms with van der Waals surface area (Å²) in [6.45, 7) is 3.18. The van der Waals surface area contributed by atoms with Gasteiger partial charge in [0.1, 0.15) is 0 Å². The highest BCUT2D eigenvalue weighted by molar-refractivity contribution is 8.00. The molecule has 3 aliphatic rings. The van der Waals surface area contributed by atoms with Crippen LogP contribution < -0.4 is 5.32 Å². The Morgan fingerprint density at radius 1 is 1.17 bits per heavy atom. The normalized spacial score (nSPS) is 37.1. The van der Waals surface area contributed by atoms with Crippen molar-refractivity contribution in [2.75, 3.05) is 25.4 Å². The van der Waals surface area contributed by atoms with Gasteiger partial charge in [-0.3, -0.25) is 4.79 Å². The van der Waals surface area contributed by atoms with Crippen molar-refractivity contribution in [3.05, 3.63) is 0 Å². The predicted molar refractivity (Wildman–Crippen MR) is 75.8 cm³/mol. The Hall–Kier alpha value is -0.220. The number of hydrogen-bond donors (Lipinski definition) is 1.